The maximum atomic E-state index is 6.00. The number of rotatable bonds is 3. The molecular formula is C15H19N3S. The fraction of sp³-hybridized carbons (Fsp3) is 0.333. The molecule has 0 fully saturated rings. The third-order valence-corrected chi connectivity index (χ3v) is 4.18. The van der Waals surface area contributed by atoms with Crippen LogP contribution in [0.4, 0.5) is 0 Å². The lowest BCUT2D eigenvalue weighted by Gasteiger charge is -2.12. The topological polar surface area (TPSA) is 51.8 Å². The highest BCUT2D eigenvalue weighted by atomic mass is 32.2. The van der Waals surface area contributed by atoms with Gasteiger partial charge in [0.2, 0.25) is 0 Å². The van der Waals surface area contributed by atoms with Crippen LogP contribution in [0.3, 0.4) is 0 Å². The largest absolute Gasteiger partial charge is 0.324 e. The van der Waals surface area contributed by atoms with Crippen LogP contribution in [-0.2, 0) is 0 Å². The third-order valence-electron chi connectivity index (χ3n) is 3.22. The lowest BCUT2D eigenvalue weighted by Crippen LogP contribution is -2.06. The van der Waals surface area contributed by atoms with Crippen molar-refractivity contribution in [2.45, 2.75) is 43.8 Å². The molecule has 0 radical (unpaired) electrons. The molecule has 2 rings (SSSR count). The molecule has 2 aromatic rings. The lowest BCUT2D eigenvalue weighted by molar-refractivity contribution is 0.795. The van der Waals surface area contributed by atoms with Crippen LogP contribution < -0.4 is 5.73 Å². The normalized spacial score (nSPS) is 12.5. The Bertz CT molecular complexity index is 571. The van der Waals surface area contributed by atoms with Crippen molar-refractivity contribution in [3.05, 3.63) is 46.8 Å². The summed E-state index contributed by atoms with van der Waals surface area (Å²) in [5.41, 5.74) is 10.4. The van der Waals surface area contributed by atoms with Crippen molar-refractivity contribution in [2.75, 3.05) is 0 Å². The van der Waals surface area contributed by atoms with Crippen LogP contribution in [0, 0.1) is 20.8 Å². The van der Waals surface area contributed by atoms with E-state index in [9.17, 15) is 0 Å². The van der Waals surface area contributed by atoms with Crippen molar-refractivity contribution in [2.24, 2.45) is 5.73 Å². The quantitative estimate of drug-likeness (QED) is 0.869. The minimum atomic E-state index is 0.0105. The summed E-state index contributed by atoms with van der Waals surface area (Å²) in [6, 6.07) is 8.16. The average molecular weight is 273 g/mol. The van der Waals surface area contributed by atoms with Crippen molar-refractivity contribution in [1.29, 1.82) is 0 Å². The molecular weight excluding hydrogens is 254 g/mol. The highest BCUT2D eigenvalue weighted by Gasteiger charge is 2.11. The Morgan fingerprint density at radius 3 is 2.21 bits per heavy atom. The minimum absolute atomic E-state index is 0.0105. The van der Waals surface area contributed by atoms with E-state index in [1.807, 2.05) is 32.9 Å². The molecule has 100 valence electrons. The molecule has 0 aliphatic heterocycles. The minimum Gasteiger partial charge on any atom is -0.324 e. The molecule has 0 spiro atoms. The summed E-state index contributed by atoms with van der Waals surface area (Å²) in [4.78, 5) is 10.2. The van der Waals surface area contributed by atoms with E-state index in [0.29, 0.717) is 0 Å². The van der Waals surface area contributed by atoms with Crippen LogP contribution in [0.15, 0.2) is 34.3 Å². The number of hydrogen-bond donors (Lipinski definition) is 1. The van der Waals surface area contributed by atoms with Crippen LogP contribution in [-0.4, -0.2) is 9.97 Å². The van der Waals surface area contributed by atoms with Gasteiger partial charge in [0.1, 0.15) is 0 Å². The van der Waals surface area contributed by atoms with Gasteiger partial charge in [0.25, 0.3) is 0 Å². The third kappa shape index (κ3) is 3.14. The summed E-state index contributed by atoms with van der Waals surface area (Å²) < 4.78 is 0. The molecule has 0 saturated carbocycles. The summed E-state index contributed by atoms with van der Waals surface area (Å²) in [6.45, 7) is 8.08. The van der Waals surface area contributed by atoms with Crippen LogP contribution in [0.2, 0.25) is 0 Å². The van der Waals surface area contributed by atoms with E-state index in [2.05, 4.69) is 29.0 Å². The summed E-state index contributed by atoms with van der Waals surface area (Å²) >= 11 is 1.58. The molecule has 19 heavy (non-hydrogen) atoms. The number of hydrogen-bond acceptors (Lipinski definition) is 4. The highest BCUT2D eigenvalue weighted by Crippen LogP contribution is 2.31. The van der Waals surface area contributed by atoms with Crippen molar-refractivity contribution in [1.82, 2.24) is 9.97 Å². The second kappa shape index (κ2) is 5.72. The van der Waals surface area contributed by atoms with Gasteiger partial charge in [0.05, 0.1) is 0 Å². The molecule has 0 bridgehead atoms. The first-order valence-electron chi connectivity index (χ1n) is 6.33. The fourth-order valence-corrected chi connectivity index (χ4v) is 2.92. The molecule has 0 aliphatic carbocycles. The van der Waals surface area contributed by atoms with Crippen LogP contribution in [0.1, 0.15) is 35.5 Å². The maximum Gasteiger partial charge on any atom is 0.192 e. The van der Waals surface area contributed by atoms with Crippen LogP contribution >= 0.6 is 11.8 Å². The van der Waals surface area contributed by atoms with Gasteiger partial charge in [-0.2, -0.15) is 0 Å². The molecule has 0 saturated heterocycles. The summed E-state index contributed by atoms with van der Waals surface area (Å²) in [6.07, 6.45) is 0. The average Bonchev–Trinajstić information content (AvgIpc) is 2.36. The zero-order valence-corrected chi connectivity index (χ0v) is 12.6. The molecule has 1 atom stereocenters. The van der Waals surface area contributed by atoms with E-state index in [0.717, 1.165) is 32.6 Å². The molecule has 4 heteroatoms. The van der Waals surface area contributed by atoms with Crippen molar-refractivity contribution in [3.63, 3.8) is 0 Å². The molecule has 1 aromatic carbocycles. The number of aromatic nitrogens is 2. The van der Waals surface area contributed by atoms with Gasteiger partial charge in [0.15, 0.2) is 5.16 Å². The van der Waals surface area contributed by atoms with Gasteiger partial charge < -0.3 is 5.73 Å². The predicted octanol–water partition coefficient (Wildman–Crippen LogP) is 3.57. The Hall–Kier alpha value is -1.39. The smallest absolute Gasteiger partial charge is 0.192 e. The van der Waals surface area contributed by atoms with Gasteiger partial charge >= 0.3 is 0 Å². The van der Waals surface area contributed by atoms with Crippen molar-refractivity contribution < 1.29 is 0 Å². The van der Waals surface area contributed by atoms with Crippen LogP contribution in [0.5, 0.6) is 0 Å². The first kappa shape index (κ1) is 14.0. The van der Waals surface area contributed by atoms with E-state index < -0.39 is 0 Å². The summed E-state index contributed by atoms with van der Waals surface area (Å²) in [7, 11) is 0. The van der Waals surface area contributed by atoms with Crippen LogP contribution in [0.25, 0.3) is 0 Å². The maximum absolute atomic E-state index is 6.00. The van der Waals surface area contributed by atoms with Gasteiger partial charge in [-0.05, 0) is 56.7 Å². The zero-order chi connectivity index (χ0) is 14.0. The molecule has 0 amide bonds. The van der Waals surface area contributed by atoms with E-state index in [1.165, 1.54) is 0 Å². The van der Waals surface area contributed by atoms with E-state index in [-0.39, 0.29) is 6.04 Å². The van der Waals surface area contributed by atoms with Crippen molar-refractivity contribution in [3.8, 4) is 0 Å². The van der Waals surface area contributed by atoms with Gasteiger partial charge in [-0.25, -0.2) is 9.97 Å². The Labute approximate surface area is 118 Å². The highest BCUT2D eigenvalue weighted by molar-refractivity contribution is 7.99. The zero-order valence-electron chi connectivity index (χ0n) is 11.8. The number of benzene rings is 1. The Morgan fingerprint density at radius 2 is 1.63 bits per heavy atom. The molecule has 3 nitrogen and oxygen atoms in total. The Kier molecular flexibility index (Phi) is 4.22. The van der Waals surface area contributed by atoms with E-state index in [1.54, 1.807) is 11.8 Å². The molecule has 1 unspecified atom stereocenters. The number of nitrogens with zero attached hydrogens (tertiary/aromatic N) is 2. The van der Waals surface area contributed by atoms with E-state index in [4.69, 9.17) is 5.73 Å². The predicted molar refractivity (Wildman–Crippen MR) is 79.4 cm³/mol. The standard InChI is InChI=1S/C15H19N3S/c1-9-11(3)17-15(18-12(9)4)19-14-8-6-5-7-13(14)10(2)16/h5-8,10H,16H2,1-4H3. The van der Waals surface area contributed by atoms with Gasteiger partial charge in [0, 0.05) is 22.3 Å². The molecule has 0 aliphatic rings. The molecule has 2 N–H and O–H groups in total. The van der Waals surface area contributed by atoms with E-state index >= 15 is 0 Å². The van der Waals surface area contributed by atoms with Gasteiger partial charge in [-0.1, -0.05) is 18.2 Å². The summed E-state index contributed by atoms with van der Waals surface area (Å²) in [5.74, 6) is 0. The van der Waals surface area contributed by atoms with Gasteiger partial charge in [-0.15, -0.1) is 0 Å². The Morgan fingerprint density at radius 1 is 1.05 bits per heavy atom. The second-order valence-corrected chi connectivity index (χ2v) is 5.74. The lowest BCUT2D eigenvalue weighted by atomic mass is 10.1. The number of nitrogens with two attached hydrogens (primary N) is 1. The van der Waals surface area contributed by atoms with Gasteiger partial charge in [-0.3, -0.25) is 0 Å². The fourth-order valence-electron chi connectivity index (χ4n) is 1.84. The first-order valence-corrected chi connectivity index (χ1v) is 7.15. The Balaban J connectivity index is 2.37. The number of aryl methyl sites for hydroxylation is 2. The van der Waals surface area contributed by atoms with Crippen molar-refractivity contribution >= 4 is 11.8 Å². The SMILES string of the molecule is Cc1nc(Sc2ccccc2C(C)N)nc(C)c1C. The monoisotopic (exact) mass is 273 g/mol. The summed E-state index contributed by atoms with van der Waals surface area (Å²) in [5, 5.41) is 0.786. The molecule has 1 aromatic heterocycles. The second-order valence-electron chi connectivity index (χ2n) is 4.73. The first-order chi connectivity index (χ1) is 8.99. The molecule has 1 heterocycles.